The lowest BCUT2D eigenvalue weighted by atomic mass is 9.64. The minimum Gasteiger partial charge on any atom is -0.374 e. The van der Waals surface area contributed by atoms with Gasteiger partial charge in [0.05, 0.1) is 24.0 Å². The summed E-state index contributed by atoms with van der Waals surface area (Å²) in [5, 5.41) is 17.4. The molecule has 2 saturated carbocycles. The molecule has 0 radical (unpaired) electrons. The molecule has 166 valence electrons. The molecule has 4 rings (SSSR count). The molecule has 1 amide bonds. The third kappa shape index (κ3) is 3.08. The molecule has 1 heterocycles. The van der Waals surface area contributed by atoms with Gasteiger partial charge in [-0.05, 0) is 48.0 Å². The van der Waals surface area contributed by atoms with Crippen LogP contribution in [0.25, 0.3) is 0 Å². The minimum atomic E-state index is -0.783. The molecule has 0 unspecified atom stereocenters. The van der Waals surface area contributed by atoms with Gasteiger partial charge in [-0.1, -0.05) is 26.8 Å². The predicted molar refractivity (Wildman–Crippen MR) is 115 cm³/mol. The predicted octanol–water partition coefficient (Wildman–Crippen LogP) is 4.35. The molecule has 31 heavy (non-hydrogen) atoms. The molecule has 3 fully saturated rings. The third-order valence-electron chi connectivity index (χ3n) is 7.76. The maximum absolute atomic E-state index is 14.2. The van der Waals surface area contributed by atoms with Crippen LogP contribution in [0.5, 0.6) is 0 Å². The first-order valence-electron chi connectivity index (χ1n) is 10.9. The van der Waals surface area contributed by atoms with Crippen molar-refractivity contribution >= 4 is 17.3 Å². The van der Waals surface area contributed by atoms with Crippen LogP contribution in [0.2, 0.25) is 0 Å². The fourth-order valence-electron chi connectivity index (χ4n) is 6.08. The van der Waals surface area contributed by atoms with E-state index in [2.05, 4.69) is 13.8 Å². The third-order valence-corrected chi connectivity index (χ3v) is 7.76. The lowest BCUT2D eigenvalue weighted by molar-refractivity contribution is -0.146. The van der Waals surface area contributed by atoms with E-state index in [4.69, 9.17) is 15.6 Å². The number of carbonyl (C=O) groups excluding carboxylic acids is 1. The van der Waals surface area contributed by atoms with E-state index < -0.39 is 17.0 Å². The first-order valence-corrected chi connectivity index (χ1v) is 10.9. The second-order valence-corrected chi connectivity index (χ2v) is 9.32. The number of nitrogens with zero attached hydrogens (tertiary/aromatic N) is 1. The zero-order chi connectivity index (χ0) is 22.6. The average Bonchev–Trinajstić information content (AvgIpc) is 3.09. The molecule has 0 spiro atoms. The van der Waals surface area contributed by atoms with E-state index in [1.54, 1.807) is 0 Å². The number of hydrogen-bond donors (Lipinski definition) is 2. The van der Waals surface area contributed by atoms with Gasteiger partial charge in [0.2, 0.25) is 5.91 Å². The molecule has 1 aromatic carbocycles. The fourth-order valence-corrected chi connectivity index (χ4v) is 6.08. The van der Waals surface area contributed by atoms with Crippen LogP contribution in [0, 0.1) is 39.2 Å². The Morgan fingerprint density at radius 2 is 2.00 bits per heavy atom. The van der Waals surface area contributed by atoms with Crippen LogP contribution in [0.1, 0.15) is 45.6 Å². The summed E-state index contributed by atoms with van der Waals surface area (Å²) in [6.45, 7) is 7.48. The van der Waals surface area contributed by atoms with Crippen molar-refractivity contribution in [3.8, 4) is 0 Å². The molecule has 3 atom stereocenters. The topological polar surface area (TPSA) is 77.2 Å². The van der Waals surface area contributed by atoms with Crippen molar-refractivity contribution in [1.82, 2.24) is 4.90 Å². The molecule has 2 N–H and O–H groups in total. The van der Waals surface area contributed by atoms with Crippen LogP contribution >= 0.6 is 0 Å². The Balaban J connectivity index is 1.71. The number of benzene rings is 1. The highest BCUT2D eigenvalue weighted by molar-refractivity contribution is 6.15. The van der Waals surface area contributed by atoms with Gasteiger partial charge in [-0.3, -0.25) is 4.79 Å². The summed E-state index contributed by atoms with van der Waals surface area (Å²) in [6, 6.07) is 3.55. The van der Waals surface area contributed by atoms with E-state index in [-0.39, 0.29) is 34.6 Å². The van der Waals surface area contributed by atoms with E-state index in [9.17, 15) is 13.6 Å². The Bertz CT molecular complexity index is 967. The Labute approximate surface area is 181 Å². The maximum Gasteiger partial charge on any atom is 0.222 e. The molecule has 2 bridgehead atoms. The van der Waals surface area contributed by atoms with Crippen molar-refractivity contribution < 1.29 is 18.3 Å². The van der Waals surface area contributed by atoms with Crippen molar-refractivity contribution in [2.45, 2.75) is 46.1 Å². The highest BCUT2D eigenvalue weighted by Crippen LogP contribution is 2.68. The number of amides is 1. The molecular weight excluding hydrogens is 400 g/mol. The zero-order valence-electron chi connectivity index (χ0n) is 18.2. The summed E-state index contributed by atoms with van der Waals surface area (Å²) in [6.07, 6.45) is 3.17. The largest absolute Gasteiger partial charge is 0.374 e. The van der Waals surface area contributed by atoms with Gasteiger partial charge in [-0.15, -0.1) is 0 Å². The highest BCUT2D eigenvalue weighted by atomic mass is 19.1. The van der Waals surface area contributed by atoms with Crippen molar-refractivity contribution in [3.05, 3.63) is 47.0 Å². The smallest absolute Gasteiger partial charge is 0.222 e. The van der Waals surface area contributed by atoms with E-state index >= 15 is 0 Å². The summed E-state index contributed by atoms with van der Waals surface area (Å²) in [5.41, 5.74) is -0.512. The first kappa shape index (κ1) is 21.8. The van der Waals surface area contributed by atoms with Crippen molar-refractivity contribution in [1.29, 1.82) is 10.8 Å². The molecule has 0 aromatic heterocycles. The van der Waals surface area contributed by atoms with Crippen LogP contribution in [0.4, 0.5) is 8.78 Å². The first-order chi connectivity index (χ1) is 14.6. The number of rotatable bonds is 4. The van der Waals surface area contributed by atoms with Crippen LogP contribution < -0.4 is 0 Å². The normalized spacial score (nSPS) is 30.8. The van der Waals surface area contributed by atoms with Gasteiger partial charge in [0.1, 0.15) is 11.6 Å². The Morgan fingerprint density at radius 1 is 1.32 bits per heavy atom. The van der Waals surface area contributed by atoms with Gasteiger partial charge < -0.3 is 20.5 Å². The second kappa shape index (κ2) is 7.62. The number of allylic oxidation sites excluding steroid dienone is 2. The summed E-state index contributed by atoms with van der Waals surface area (Å²) in [5.74, 6) is -1.49. The number of morpholine rings is 1. The molecular formula is C24H29F2N3O2. The summed E-state index contributed by atoms with van der Waals surface area (Å²) >= 11 is 0. The van der Waals surface area contributed by atoms with E-state index in [0.717, 1.165) is 25.0 Å². The van der Waals surface area contributed by atoms with Gasteiger partial charge in [-0.25, -0.2) is 8.78 Å². The van der Waals surface area contributed by atoms with E-state index in [0.29, 0.717) is 37.4 Å². The van der Waals surface area contributed by atoms with E-state index in [1.807, 2.05) is 11.8 Å². The van der Waals surface area contributed by atoms with Gasteiger partial charge in [0.25, 0.3) is 0 Å². The Hall–Kier alpha value is -2.41. The van der Waals surface area contributed by atoms with Crippen LogP contribution in [-0.4, -0.2) is 48.0 Å². The number of halogens is 2. The van der Waals surface area contributed by atoms with E-state index in [1.165, 1.54) is 12.1 Å². The Morgan fingerprint density at radius 3 is 2.65 bits per heavy atom. The highest BCUT2D eigenvalue weighted by Gasteiger charge is 2.68. The minimum absolute atomic E-state index is 0.00367. The number of hydrogen-bond acceptors (Lipinski definition) is 4. The Kier molecular flexibility index (Phi) is 5.36. The fraction of sp³-hybridized carbons (Fsp3) is 0.542. The maximum atomic E-state index is 14.2. The monoisotopic (exact) mass is 429 g/mol. The molecule has 3 aliphatic rings. The number of nitrogens with one attached hydrogen (secondary N) is 2. The number of fused-ring (bicyclic) bond motifs is 2. The van der Waals surface area contributed by atoms with Crippen LogP contribution in [0.15, 0.2) is 29.8 Å². The molecule has 1 aromatic rings. The lowest BCUT2D eigenvalue weighted by Gasteiger charge is -2.47. The van der Waals surface area contributed by atoms with Gasteiger partial charge in [-0.2, -0.15) is 0 Å². The molecule has 5 nitrogen and oxygen atoms in total. The lowest BCUT2D eigenvalue weighted by Crippen LogP contribution is -2.57. The molecule has 1 aliphatic heterocycles. The average molecular weight is 430 g/mol. The summed E-state index contributed by atoms with van der Waals surface area (Å²) < 4.78 is 34.6. The second-order valence-electron chi connectivity index (χ2n) is 9.32. The molecule has 7 heteroatoms. The molecule has 1 saturated heterocycles. The van der Waals surface area contributed by atoms with Crippen LogP contribution in [-0.2, 0) is 9.53 Å². The summed E-state index contributed by atoms with van der Waals surface area (Å²) in [7, 11) is 0. The quantitative estimate of drug-likeness (QED) is 0.698. The number of ether oxygens (including phenoxy) is 1. The van der Waals surface area contributed by atoms with Crippen molar-refractivity contribution in [2.24, 2.45) is 16.7 Å². The van der Waals surface area contributed by atoms with Crippen molar-refractivity contribution in [3.63, 3.8) is 0 Å². The van der Waals surface area contributed by atoms with Crippen LogP contribution in [0.3, 0.4) is 0 Å². The molecule has 2 aliphatic carbocycles. The SMILES string of the molecule is CCC(=O)N1CCO[C@H]([C@@]23CC[C@@H](/C(=C/C(=N)c4c(F)cccc4F)C2=N)C3(C)C)C1. The number of carbonyl (C=O) groups is 1. The summed E-state index contributed by atoms with van der Waals surface area (Å²) in [4.78, 5) is 14.1. The van der Waals surface area contributed by atoms with Gasteiger partial charge in [0, 0.05) is 30.6 Å². The van der Waals surface area contributed by atoms with Gasteiger partial charge in [0.15, 0.2) is 0 Å². The van der Waals surface area contributed by atoms with Crippen molar-refractivity contribution in [2.75, 3.05) is 19.7 Å². The zero-order valence-corrected chi connectivity index (χ0v) is 18.2. The standard InChI is InChI=1S/C24H29F2N3O2/c1-4-20(30)29-10-11-31-19(13-29)24-9-8-15(23(24,2)3)14(22(24)28)12-18(27)21-16(25)6-5-7-17(21)26/h5-7,12,15,19,27-28H,4,8-11,13H2,1-3H3/b14-12-,27-18?,28-22?/t15-,19-,24-/m0/s1. The van der Waals surface area contributed by atoms with Gasteiger partial charge >= 0.3 is 0 Å².